The molecule has 0 spiro atoms. The van der Waals surface area contributed by atoms with Crippen molar-refractivity contribution in [3.8, 4) is 0 Å². The molecule has 0 aromatic heterocycles. The van der Waals surface area contributed by atoms with E-state index in [-0.39, 0.29) is 57.6 Å². The average Bonchev–Trinajstić information content (AvgIpc) is 2.79. The van der Waals surface area contributed by atoms with Crippen LogP contribution in [0.5, 0.6) is 0 Å². The van der Waals surface area contributed by atoms with Crippen LogP contribution >= 0.6 is 0 Å². The summed E-state index contributed by atoms with van der Waals surface area (Å²) in [7, 11) is -3.72. The van der Waals surface area contributed by atoms with E-state index in [1.807, 2.05) is 0 Å². The number of nitrogens with one attached hydrogen (secondary N) is 1. The molecule has 1 atom stereocenters. The van der Waals surface area contributed by atoms with Crippen molar-refractivity contribution in [1.82, 2.24) is 18.8 Å². The number of ether oxygens (including phenoxy) is 1. The smallest absolute Gasteiger partial charge is 0.409 e. The number of nitrogens with zero attached hydrogens (tertiary/aromatic N) is 3. The van der Waals surface area contributed by atoms with Gasteiger partial charge in [0.05, 0.1) is 12.5 Å². The molecule has 2 fully saturated rings. The van der Waals surface area contributed by atoms with Crippen LogP contribution in [-0.2, 0) is 26.3 Å². The highest BCUT2D eigenvalue weighted by molar-refractivity contribution is 7.86. The molecule has 0 unspecified atom stereocenters. The first-order chi connectivity index (χ1) is 14.8. The largest absolute Gasteiger partial charge is 0.450 e. The van der Waals surface area contributed by atoms with E-state index in [0.717, 1.165) is 5.56 Å². The van der Waals surface area contributed by atoms with E-state index in [1.165, 1.54) is 25.6 Å². The van der Waals surface area contributed by atoms with Gasteiger partial charge in [-0.3, -0.25) is 4.79 Å². The molecule has 2 saturated heterocycles. The van der Waals surface area contributed by atoms with E-state index in [9.17, 15) is 22.4 Å². The molecule has 1 N–H and O–H groups in total. The maximum absolute atomic E-state index is 13.1. The van der Waals surface area contributed by atoms with Crippen LogP contribution in [0.15, 0.2) is 24.3 Å². The summed E-state index contributed by atoms with van der Waals surface area (Å²) in [6.07, 6.45) is 0.768. The van der Waals surface area contributed by atoms with Crippen molar-refractivity contribution in [1.29, 1.82) is 0 Å². The second-order valence-corrected chi connectivity index (χ2v) is 9.56. The van der Waals surface area contributed by atoms with E-state index in [2.05, 4.69) is 5.32 Å². The monoisotopic (exact) mass is 456 g/mol. The lowest BCUT2D eigenvalue weighted by Gasteiger charge is -2.38. The summed E-state index contributed by atoms with van der Waals surface area (Å²) < 4.78 is 46.8. The Morgan fingerprint density at radius 1 is 1.10 bits per heavy atom. The van der Waals surface area contributed by atoms with Crippen LogP contribution in [0.4, 0.5) is 9.18 Å². The Morgan fingerprint density at radius 3 is 2.42 bits per heavy atom. The number of carbonyl (C=O) groups excluding carboxylic acids is 2. The van der Waals surface area contributed by atoms with E-state index in [0.29, 0.717) is 19.4 Å². The lowest BCUT2D eigenvalue weighted by molar-refractivity contribution is -0.126. The second-order valence-electron chi connectivity index (χ2n) is 7.63. The summed E-state index contributed by atoms with van der Waals surface area (Å²) in [5, 5.41) is 2.82. The van der Waals surface area contributed by atoms with Gasteiger partial charge in [0.2, 0.25) is 5.91 Å². The van der Waals surface area contributed by atoms with E-state index < -0.39 is 22.2 Å². The van der Waals surface area contributed by atoms with Crippen molar-refractivity contribution in [3.63, 3.8) is 0 Å². The summed E-state index contributed by atoms with van der Waals surface area (Å²) in [5.41, 5.74) is 0.773. The SMILES string of the molecule is CCOC(=O)N1CCN(S(=O)(=O)N2CCC[C@@H](C(=O)NCc3ccc(F)cc3)C2)CC1. The zero-order valence-corrected chi connectivity index (χ0v) is 18.4. The van der Waals surface area contributed by atoms with Crippen LogP contribution in [0, 0.1) is 11.7 Å². The second kappa shape index (κ2) is 10.4. The van der Waals surface area contributed by atoms with Gasteiger partial charge in [0.15, 0.2) is 0 Å². The molecule has 1 aromatic carbocycles. The Hall–Kier alpha value is -2.24. The van der Waals surface area contributed by atoms with Crippen LogP contribution in [-0.4, -0.2) is 79.8 Å². The number of amides is 2. The minimum atomic E-state index is -3.72. The third-order valence-electron chi connectivity index (χ3n) is 5.55. The highest BCUT2D eigenvalue weighted by atomic mass is 32.2. The fraction of sp³-hybridized carbons (Fsp3) is 0.600. The molecule has 2 aliphatic heterocycles. The highest BCUT2D eigenvalue weighted by Gasteiger charge is 2.37. The molecule has 0 aliphatic carbocycles. The zero-order chi connectivity index (χ0) is 22.4. The zero-order valence-electron chi connectivity index (χ0n) is 17.6. The van der Waals surface area contributed by atoms with Crippen LogP contribution in [0.25, 0.3) is 0 Å². The molecular weight excluding hydrogens is 427 g/mol. The number of piperazine rings is 1. The fourth-order valence-electron chi connectivity index (χ4n) is 3.78. The Labute approximate surface area is 182 Å². The van der Waals surface area contributed by atoms with Gasteiger partial charge in [0.25, 0.3) is 10.2 Å². The average molecular weight is 457 g/mol. The summed E-state index contributed by atoms with van der Waals surface area (Å²) in [6.45, 7) is 3.67. The lowest BCUT2D eigenvalue weighted by Crippen LogP contribution is -2.56. The summed E-state index contributed by atoms with van der Waals surface area (Å²) in [4.78, 5) is 25.9. The number of piperidine rings is 1. The molecule has 0 saturated carbocycles. The van der Waals surface area contributed by atoms with Crippen LogP contribution in [0.3, 0.4) is 0 Å². The molecule has 2 aliphatic rings. The standard InChI is InChI=1S/C20H29FN4O5S/c1-2-30-20(27)23-10-12-24(13-11-23)31(28,29)25-9-3-4-17(15-25)19(26)22-14-16-5-7-18(21)8-6-16/h5-8,17H,2-4,9-15H2,1H3,(H,22,26)/t17-/m1/s1. The normalized spacial score (nSPS) is 21.0. The first-order valence-electron chi connectivity index (χ1n) is 10.5. The van der Waals surface area contributed by atoms with E-state index in [4.69, 9.17) is 4.74 Å². The number of carbonyl (C=O) groups is 2. The van der Waals surface area contributed by atoms with Gasteiger partial charge in [0.1, 0.15) is 5.82 Å². The van der Waals surface area contributed by atoms with Crippen LogP contribution in [0.2, 0.25) is 0 Å². The number of hydrogen-bond acceptors (Lipinski definition) is 5. The molecule has 9 nitrogen and oxygen atoms in total. The predicted octanol–water partition coefficient (Wildman–Crippen LogP) is 1.17. The van der Waals surface area contributed by atoms with Gasteiger partial charge in [-0.1, -0.05) is 12.1 Å². The van der Waals surface area contributed by atoms with Gasteiger partial charge in [-0.25, -0.2) is 9.18 Å². The van der Waals surface area contributed by atoms with Crippen molar-refractivity contribution in [2.45, 2.75) is 26.3 Å². The number of halogens is 1. The Morgan fingerprint density at radius 2 is 1.77 bits per heavy atom. The quantitative estimate of drug-likeness (QED) is 0.693. The Balaban J connectivity index is 1.53. The fourth-order valence-corrected chi connectivity index (χ4v) is 5.46. The van der Waals surface area contributed by atoms with Gasteiger partial charge in [0, 0.05) is 45.8 Å². The third-order valence-corrected chi connectivity index (χ3v) is 7.55. The maximum Gasteiger partial charge on any atom is 0.409 e. The summed E-state index contributed by atoms with van der Waals surface area (Å²) in [5.74, 6) is -0.993. The Kier molecular flexibility index (Phi) is 7.84. The highest BCUT2D eigenvalue weighted by Crippen LogP contribution is 2.22. The molecule has 172 valence electrons. The molecule has 3 rings (SSSR count). The van der Waals surface area contributed by atoms with Crippen molar-refractivity contribution in [2.24, 2.45) is 5.92 Å². The van der Waals surface area contributed by atoms with Gasteiger partial charge < -0.3 is 15.0 Å². The molecule has 31 heavy (non-hydrogen) atoms. The maximum atomic E-state index is 13.1. The molecule has 0 radical (unpaired) electrons. The van der Waals surface area contributed by atoms with Crippen molar-refractivity contribution >= 4 is 22.2 Å². The third kappa shape index (κ3) is 5.92. The van der Waals surface area contributed by atoms with Crippen molar-refractivity contribution in [2.75, 3.05) is 45.9 Å². The van der Waals surface area contributed by atoms with Gasteiger partial charge in [-0.05, 0) is 37.5 Å². The first-order valence-corrected chi connectivity index (χ1v) is 11.9. The minimum absolute atomic E-state index is 0.121. The summed E-state index contributed by atoms with van der Waals surface area (Å²) in [6, 6.07) is 5.86. The number of benzene rings is 1. The number of hydrogen-bond donors (Lipinski definition) is 1. The molecule has 0 bridgehead atoms. The minimum Gasteiger partial charge on any atom is -0.450 e. The van der Waals surface area contributed by atoms with Crippen molar-refractivity contribution < 1.29 is 27.1 Å². The van der Waals surface area contributed by atoms with Gasteiger partial charge in [-0.15, -0.1) is 0 Å². The lowest BCUT2D eigenvalue weighted by atomic mass is 9.99. The molecular formula is C20H29FN4O5S. The van der Waals surface area contributed by atoms with Gasteiger partial charge in [-0.2, -0.15) is 17.0 Å². The van der Waals surface area contributed by atoms with Crippen LogP contribution < -0.4 is 5.32 Å². The van der Waals surface area contributed by atoms with Crippen LogP contribution in [0.1, 0.15) is 25.3 Å². The molecule has 2 amide bonds. The Bertz CT molecular complexity index is 872. The first kappa shape index (κ1) is 23.4. The topological polar surface area (TPSA) is 99.3 Å². The van der Waals surface area contributed by atoms with E-state index in [1.54, 1.807) is 19.1 Å². The summed E-state index contributed by atoms with van der Waals surface area (Å²) >= 11 is 0. The van der Waals surface area contributed by atoms with Gasteiger partial charge >= 0.3 is 6.09 Å². The van der Waals surface area contributed by atoms with E-state index >= 15 is 0 Å². The predicted molar refractivity (Wildman–Crippen MR) is 112 cm³/mol. The number of rotatable bonds is 6. The van der Waals surface area contributed by atoms with Crippen molar-refractivity contribution in [3.05, 3.63) is 35.6 Å². The molecule has 11 heteroatoms. The molecule has 1 aromatic rings. The molecule has 2 heterocycles.